The van der Waals surface area contributed by atoms with Crippen molar-refractivity contribution in [1.82, 2.24) is 0 Å². The number of benzene rings is 1. The summed E-state index contributed by atoms with van der Waals surface area (Å²) < 4.78 is 4.83. The third-order valence-corrected chi connectivity index (χ3v) is 2.43. The summed E-state index contributed by atoms with van der Waals surface area (Å²) in [6.07, 6.45) is 0.397. The van der Waals surface area contributed by atoms with Crippen LogP contribution in [0.4, 0.5) is 0 Å². The molecule has 16 heavy (non-hydrogen) atoms. The molecule has 1 aromatic carbocycles. The monoisotopic (exact) mass is 242 g/mol. The van der Waals surface area contributed by atoms with E-state index >= 15 is 0 Å². The van der Waals surface area contributed by atoms with Gasteiger partial charge in [0.15, 0.2) is 0 Å². The van der Waals surface area contributed by atoms with Gasteiger partial charge in [0.2, 0.25) is 0 Å². The summed E-state index contributed by atoms with van der Waals surface area (Å²) in [5.74, 6) is -0.678. The first-order valence-corrected chi connectivity index (χ1v) is 4.89. The fourth-order valence-electron chi connectivity index (χ4n) is 1.71. The number of carbonyl (C=O) groups excluding carboxylic acids is 1. The summed E-state index contributed by atoms with van der Waals surface area (Å²) in [6.45, 7) is 2.02. The minimum atomic E-state index is -0.487. The normalized spacial score (nSPS) is 13.1. The van der Waals surface area contributed by atoms with Gasteiger partial charge in [0.1, 0.15) is 0 Å². The second-order valence-corrected chi connectivity index (χ2v) is 3.36. The van der Waals surface area contributed by atoms with E-state index in [-0.39, 0.29) is 62.7 Å². The fourth-order valence-corrected chi connectivity index (χ4v) is 1.71. The largest absolute Gasteiger partial charge is 1.00 e. The van der Waals surface area contributed by atoms with Crippen LogP contribution in [0, 0.1) is 0 Å². The van der Waals surface area contributed by atoms with Gasteiger partial charge in [0, 0.05) is 12.0 Å². The molecule has 78 valence electrons. The number of esters is 1. The molecule has 0 saturated carbocycles. The van der Waals surface area contributed by atoms with Crippen LogP contribution in [0.5, 0.6) is 0 Å². The molecule has 0 saturated heterocycles. The molecule has 1 aliphatic carbocycles. The van der Waals surface area contributed by atoms with Crippen molar-refractivity contribution in [2.45, 2.75) is 13.3 Å². The first-order valence-electron chi connectivity index (χ1n) is 4.89. The maximum atomic E-state index is 11.8. The molecule has 0 amide bonds. The van der Waals surface area contributed by atoms with Gasteiger partial charge < -0.3 is 9.84 Å². The Bertz CT molecular complexity index is 438. The van der Waals surface area contributed by atoms with Crippen molar-refractivity contribution in [2.24, 2.45) is 0 Å². The molecular formula is C12H11KO3. The van der Waals surface area contributed by atoms with Crippen molar-refractivity contribution < 1.29 is 66.0 Å². The second kappa shape index (κ2) is 5.98. The van der Waals surface area contributed by atoms with E-state index in [4.69, 9.17) is 4.74 Å². The molecule has 0 fully saturated rings. The quantitative estimate of drug-likeness (QED) is 0.440. The minimum absolute atomic E-state index is 0. The van der Waals surface area contributed by atoms with Crippen molar-refractivity contribution in [3.8, 4) is 0 Å². The smallest absolute Gasteiger partial charge is 0.872 e. The van der Waals surface area contributed by atoms with Gasteiger partial charge in [-0.3, -0.25) is 0 Å². The summed E-state index contributed by atoms with van der Waals surface area (Å²) in [6, 6.07) is 7.26. The van der Waals surface area contributed by atoms with E-state index in [1.54, 1.807) is 19.1 Å². The van der Waals surface area contributed by atoms with Crippen molar-refractivity contribution in [3.63, 3.8) is 0 Å². The predicted molar refractivity (Wildman–Crippen MR) is 53.7 cm³/mol. The van der Waals surface area contributed by atoms with Gasteiger partial charge in [-0.1, -0.05) is 30.0 Å². The van der Waals surface area contributed by atoms with Crippen molar-refractivity contribution >= 4 is 11.7 Å². The Morgan fingerprint density at radius 2 is 2.12 bits per heavy atom. The maximum Gasteiger partial charge on any atom is 1.00 e. The number of hydrogen-bond acceptors (Lipinski definition) is 3. The molecule has 4 heteroatoms. The van der Waals surface area contributed by atoms with E-state index in [1.807, 2.05) is 12.1 Å². The first-order chi connectivity index (χ1) is 7.24. The molecule has 2 rings (SSSR count). The SMILES string of the molecule is CCOC(=O)C1=C([O-])c2ccccc2C1.[K+]. The molecule has 0 atom stereocenters. The molecular weight excluding hydrogens is 231 g/mol. The van der Waals surface area contributed by atoms with E-state index in [9.17, 15) is 9.90 Å². The molecule has 0 aliphatic heterocycles. The van der Waals surface area contributed by atoms with Gasteiger partial charge >= 0.3 is 57.4 Å². The zero-order valence-electron chi connectivity index (χ0n) is 9.45. The summed E-state index contributed by atoms with van der Waals surface area (Å²) in [4.78, 5) is 11.4. The third kappa shape index (κ3) is 2.57. The molecule has 1 aliphatic rings. The number of ether oxygens (including phenoxy) is 1. The molecule has 0 unspecified atom stereocenters. The van der Waals surface area contributed by atoms with Crippen LogP contribution in [0.25, 0.3) is 5.76 Å². The van der Waals surface area contributed by atoms with Gasteiger partial charge in [0.25, 0.3) is 0 Å². The number of fused-ring (bicyclic) bond motifs is 1. The van der Waals surface area contributed by atoms with Crippen LogP contribution in [-0.2, 0) is 16.0 Å². The van der Waals surface area contributed by atoms with Crippen LogP contribution in [0.2, 0.25) is 0 Å². The average Bonchev–Trinajstić information content (AvgIpc) is 2.57. The summed E-state index contributed by atoms with van der Waals surface area (Å²) in [7, 11) is 0. The Balaban J connectivity index is 0.00000128. The summed E-state index contributed by atoms with van der Waals surface area (Å²) in [5.41, 5.74) is 1.78. The van der Waals surface area contributed by atoms with E-state index in [2.05, 4.69) is 0 Å². The molecule has 0 aromatic heterocycles. The molecule has 0 N–H and O–H groups in total. The average molecular weight is 242 g/mol. The van der Waals surface area contributed by atoms with Crippen LogP contribution in [-0.4, -0.2) is 12.6 Å². The third-order valence-electron chi connectivity index (χ3n) is 2.43. The Kier molecular flexibility index (Phi) is 5.20. The van der Waals surface area contributed by atoms with Gasteiger partial charge in [-0.2, -0.15) is 0 Å². The van der Waals surface area contributed by atoms with E-state index in [1.165, 1.54) is 0 Å². The number of hydrogen-bond donors (Lipinski definition) is 0. The van der Waals surface area contributed by atoms with Crippen molar-refractivity contribution in [2.75, 3.05) is 6.61 Å². The van der Waals surface area contributed by atoms with Gasteiger partial charge in [0.05, 0.1) is 6.61 Å². The van der Waals surface area contributed by atoms with Crippen LogP contribution >= 0.6 is 0 Å². The van der Waals surface area contributed by atoms with Gasteiger partial charge in [-0.05, 0) is 18.1 Å². The molecule has 0 radical (unpaired) electrons. The topological polar surface area (TPSA) is 49.4 Å². The van der Waals surface area contributed by atoms with E-state index in [0.29, 0.717) is 18.6 Å². The molecule has 0 heterocycles. The van der Waals surface area contributed by atoms with E-state index in [0.717, 1.165) is 5.56 Å². The molecule has 1 aromatic rings. The van der Waals surface area contributed by atoms with Crippen molar-refractivity contribution in [3.05, 3.63) is 41.0 Å². The second-order valence-electron chi connectivity index (χ2n) is 3.36. The number of rotatable bonds is 2. The fraction of sp³-hybridized carbons (Fsp3) is 0.250. The molecule has 3 nitrogen and oxygen atoms in total. The van der Waals surface area contributed by atoms with Crippen molar-refractivity contribution in [1.29, 1.82) is 0 Å². The first kappa shape index (κ1) is 13.9. The Hall–Kier alpha value is -0.134. The maximum absolute atomic E-state index is 11.8. The molecule has 0 spiro atoms. The Morgan fingerprint density at radius 1 is 1.44 bits per heavy atom. The standard InChI is InChI=1S/C12H12O3.K/c1-2-15-12(14)10-7-8-5-3-4-6-9(8)11(10)13;/h3-6,13H,2,7H2,1H3;/q;+1/p-1. The van der Waals surface area contributed by atoms with Gasteiger partial charge in [-0.25, -0.2) is 4.79 Å². The Labute approximate surface area is 137 Å². The minimum Gasteiger partial charge on any atom is -0.872 e. The van der Waals surface area contributed by atoms with Crippen LogP contribution < -0.4 is 56.5 Å². The van der Waals surface area contributed by atoms with E-state index < -0.39 is 5.97 Å². The van der Waals surface area contributed by atoms with Crippen LogP contribution in [0.15, 0.2) is 29.8 Å². The zero-order chi connectivity index (χ0) is 10.8. The summed E-state index contributed by atoms with van der Waals surface area (Å²) in [5, 5.41) is 11.8. The van der Waals surface area contributed by atoms with Crippen LogP contribution in [0.1, 0.15) is 18.1 Å². The number of carbonyl (C=O) groups is 1. The predicted octanol–water partition coefficient (Wildman–Crippen LogP) is -2.12. The zero-order valence-corrected chi connectivity index (χ0v) is 12.6. The summed E-state index contributed by atoms with van der Waals surface area (Å²) >= 11 is 0. The Morgan fingerprint density at radius 3 is 2.75 bits per heavy atom. The van der Waals surface area contributed by atoms with Crippen LogP contribution in [0.3, 0.4) is 0 Å². The molecule has 0 bridgehead atoms. The van der Waals surface area contributed by atoms with Gasteiger partial charge in [-0.15, -0.1) is 0 Å².